The first-order valence-electron chi connectivity index (χ1n) is 13.5. The average molecular weight is 465 g/mol. The van der Waals surface area contributed by atoms with Crippen molar-refractivity contribution in [2.24, 2.45) is 46.3 Å². The molecule has 0 aromatic rings. The second-order valence-electron chi connectivity index (χ2n) is 13.5. The zero-order valence-electron chi connectivity index (χ0n) is 20.7. The lowest BCUT2D eigenvalue weighted by molar-refractivity contribution is -0.286. The highest BCUT2D eigenvalue weighted by Gasteiger charge is 2.72. The molecule has 4 aliphatic carbocycles. The number of ether oxygens (including phenoxy) is 2. The maximum absolute atomic E-state index is 11.7. The van der Waals surface area contributed by atoms with E-state index in [-0.39, 0.29) is 23.9 Å². The lowest BCUT2D eigenvalue weighted by Gasteiger charge is -2.66. The van der Waals surface area contributed by atoms with Gasteiger partial charge in [0.1, 0.15) is 0 Å². The van der Waals surface area contributed by atoms with Crippen molar-refractivity contribution in [1.29, 1.82) is 0 Å². The molecule has 0 bridgehead atoms. The van der Waals surface area contributed by atoms with E-state index in [2.05, 4.69) is 27.7 Å². The number of fused-ring (bicyclic) bond motifs is 7. The monoisotopic (exact) mass is 464 g/mol. The summed E-state index contributed by atoms with van der Waals surface area (Å²) in [6.45, 7) is 9.90. The molecule has 0 amide bonds. The summed E-state index contributed by atoms with van der Waals surface area (Å²) < 4.78 is 13.2. The standard InChI is InChI=1S/C27H44O6/c1-14-5-8-27(32-13-14)15(2)23-21(33-27)10-18-16-9-22(30)26(31)12-20(29)19(28)11-25(26,4)17(16)6-7-24(18,23)3/h14-23,28-31H,5-13H2,1-4H3/t14-,15-,16+,17-,18-,19+,20+,21-,22+,23-,24-,25+,26-,27+/m0/s1. The molecular formula is C27H44O6. The Morgan fingerprint density at radius 1 is 0.879 bits per heavy atom. The number of hydrogen-bond donors (Lipinski definition) is 4. The zero-order valence-corrected chi connectivity index (χ0v) is 20.7. The minimum absolute atomic E-state index is 0.0562. The van der Waals surface area contributed by atoms with Crippen LogP contribution in [-0.2, 0) is 9.47 Å². The summed E-state index contributed by atoms with van der Waals surface area (Å²) in [7, 11) is 0. The van der Waals surface area contributed by atoms with Gasteiger partial charge in [-0.05, 0) is 73.5 Å². The van der Waals surface area contributed by atoms with Gasteiger partial charge >= 0.3 is 0 Å². The number of aliphatic hydroxyl groups is 4. The summed E-state index contributed by atoms with van der Waals surface area (Å²) in [6, 6.07) is 0. The fourth-order valence-electron chi connectivity index (χ4n) is 10.3. The van der Waals surface area contributed by atoms with Gasteiger partial charge in [0.2, 0.25) is 0 Å². The normalized spacial score (nSPS) is 64.7. The van der Waals surface area contributed by atoms with Crippen LogP contribution in [0.4, 0.5) is 0 Å². The van der Waals surface area contributed by atoms with Crippen molar-refractivity contribution in [3.05, 3.63) is 0 Å². The van der Waals surface area contributed by atoms with Gasteiger partial charge in [0.25, 0.3) is 0 Å². The summed E-state index contributed by atoms with van der Waals surface area (Å²) in [5, 5.41) is 43.8. The van der Waals surface area contributed by atoms with Crippen molar-refractivity contribution in [2.45, 2.75) is 115 Å². The van der Waals surface area contributed by atoms with E-state index in [0.717, 1.165) is 38.7 Å². The minimum atomic E-state index is -1.34. The maximum atomic E-state index is 11.7. The predicted molar refractivity (Wildman–Crippen MR) is 122 cm³/mol. The van der Waals surface area contributed by atoms with Gasteiger partial charge in [0.15, 0.2) is 5.79 Å². The molecule has 4 saturated carbocycles. The first kappa shape index (κ1) is 23.2. The fourth-order valence-corrected chi connectivity index (χ4v) is 10.3. The Morgan fingerprint density at radius 2 is 1.61 bits per heavy atom. The van der Waals surface area contributed by atoms with Gasteiger partial charge in [0, 0.05) is 24.2 Å². The maximum Gasteiger partial charge on any atom is 0.171 e. The molecule has 4 N–H and O–H groups in total. The molecule has 1 spiro atoms. The minimum Gasteiger partial charge on any atom is -0.390 e. The first-order chi connectivity index (χ1) is 15.5. The molecule has 6 nitrogen and oxygen atoms in total. The highest BCUT2D eigenvalue weighted by molar-refractivity contribution is 5.20. The summed E-state index contributed by atoms with van der Waals surface area (Å²) in [6.07, 6.45) is 3.71. The van der Waals surface area contributed by atoms with E-state index in [1.54, 1.807) is 0 Å². The Morgan fingerprint density at radius 3 is 2.30 bits per heavy atom. The van der Waals surface area contributed by atoms with E-state index in [1.807, 2.05) is 0 Å². The molecule has 2 saturated heterocycles. The first-order valence-corrected chi connectivity index (χ1v) is 13.5. The molecule has 2 aliphatic heterocycles. The highest BCUT2D eigenvalue weighted by atomic mass is 16.7. The summed E-state index contributed by atoms with van der Waals surface area (Å²) in [4.78, 5) is 0. The van der Waals surface area contributed by atoms with E-state index in [1.165, 1.54) is 0 Å². The van der Waals surface area contributed by atoms with E-state index >= 15 is 0 Å². The van der Waals surface area contributed by atoms with E-state index in [9.17, 15) is 20.4 Å². The Bertz CT molecular complexity index is 795. The molecule has 2 heterocycles. The van der Waals surface area contributed by atoms with Crippen LogP contribution < -0.4 is 0 Å². The van der Waals surface area contributed by atoms with Gasteiger partial charge in [-0.25, -0.2) is 0 Å². The molecule has 0 radical (unpaired) electrons. The molecule has 0 unspecified atom stereocenters. The second kappa shape index (κ2) is 7.17. The second-order valence-corrected chi connectivity index (χ2v) is 13.5. The molecule has 0 aromatic carbocycles. The quantitative estimate of drug-likeness (QED) is 0.440. The number of rotatable bonds is 0. The molecular weight excluding hydrogens is 420 g/mol. The molecule has 188 valence electrons. The van der Waals surface area contributed by atoms with Crippen LogP contribution in [0.1, 0.15) is 79.1 Å². The van der Waals surface area contributed by atoms with Gasteiger partial charge in [-0.3, -0.25) is 0 Å². The van der Waals surface area contributed by atoms with Crippen molar-refractivity contribution in [3.8, 4) is 0 Å². The molecule has 6 aliphatic rings. The average Bonchev–Trinajstić information content (AvgIpc) is 3.19. The molecule has 14 atom stereocenters. The van der Waals surface area contributed by atoms with Crippen molar-refractivity contribution in [3.63, 3.8) is 0 Å². The van der Waals surface area contributed by atoms with Crippen molar-refractivity contribution in [1.82, 2.24) is 0 Å². The van der Waals surface area contributed by atoms with Gasteiger partial charge in [-0.1, -0.05) is 27.7 Å². The zero-order chi connectivity index (χ0) is 23.6. The van der Waals surface area contributed by atoms with Gasteiger partial charge in [0.05, 0.1) is 36.6 Å². The van der Waals surface area contributed by atoms with Crippen molar-refractivity contribution in [2.75, 3.05) is 6.61 Å². The Labute approximate surface area is 198 Å². The van der Waals surface area contributed by atoms with Crippen molar-refractivity contribution < 1.29 is 29.9 Å². The molecule has 6 fully saturated rings. The van der Waals surface area contributed by atoms with Crippen LogP contribution in [0.5, 0.6) is 0 Å². The lowest BCUT2D eigenvalue weighted by atomic mass is 9.42. The van der Waals surface area contributed by atoms with Crippen molar-refractivity contribution >= 4 is 0 Å². The van der Waals surface area contributed by atoms with Crippen LogP contribution in [0.3, 0.4) is 0 Å². The summed E-state index contributed by atoms with van der Waals surface area (Å²) >= 11 is 0. The Kier molecular flexibility index (Phi) is 5.03. The summed E-state index contributed by atoms with van der Waals surface area (Å²) in [5.41, 5.74) is -1.79. The number of hydrogen-bond acceptors (Lipinski definition) is 6. The van der Waals surface area contributed by atoms with Crippen LogP contribution in [0.15, 0.2) is 0 Å². The Hall–Kier alpha value is -0.240. The van der Waals surface area contributed by atoms with Crippen LogP contribution in [-0.4, -0.2) is 62.8 Å². The van der Waals surface area contributed by atoms with E-state index < -0.39 is 35.1 Å². The predicted octanol–water partition coefficient (Wildman–Crippen LogP) is 2.85. The van der Waals surface area contributed by atoms with Gasteiger partial charge < -0.3 is 29.9 Å². The number of aliphatic hydroxyl groups excluding tert-OH is 3. The van der Waals surface area contributed by atoms with Gasteiger partial charge in [-0.2, -0.15) is 0 Å². The molecule has 6 rings (SSSR count). The third-order valence-electron chi connectivity index (χ3n) is 12.2. The molecule has 33 heavy (non-hydrogen) atoms. The smallest absolute Gasteiger partial charge is 0.171 e. The lowest BCUT2D eigenvalue weighted by Crippen LogP contribution is -2.70. The van der Waals surface area contributed by atoms with E-state index in [0.29, 0.717) is 42.4 Å². The Balaban J connectivity index is 1.30. The summed E-state index contributed by atoms with van der Waals surface area (Å²) in [5.74, 6) is 1.97. The van der Waals surface area contributed by atoms with Crippen LogP contribution in [0.25, 0.3) is 0 Å². The van der Waals surface area contributed by atoms with Crippen LogP contribution >= 0.6 is 0 Å². The fraction of sp³-hybridized carbons (Fsp3) is 1.00. The largest absolute Gasteiger partial charge is 0.390 e. The van der Waals surface area contributed by atoms with Crippen LogP contribution in [0.2, 0.25) is 0 Å². The molecule has 6 heteroatoms. The SMILES string of the molecule is C[C@H]1CC[C@@]2(OC1)O[C@H]1C[C@H]3[C@@H]4C[C@@H](O)[C@@]5(O)C[C@@H](O)[C@H](O)C[C@]5(C)[C@H]4CC[C@]3(C)[C@H]1[C@@H]2C. The van der Waals surface area contributed by atoms with Crippen LogP contribution in [0, 0.1) is 46.3 Å². The topological polar surface area (TPSA) is 99.4 Å². The van der Waals surface area contributed by atoms with E-state index in [4.69, 9.17) is 9.47 Å². The third-order valence-corrected chi connectivity index (χ3v) is 12.2. The third kappa shape index (κ3) is 2.83. The molecule has 0 aromatic heterocycles. The highest BCUT2D eigenvalue weighted by Crippen LogP contribution is 2.71. The van der Waals surface area contributed by atoms with Gasteiger partial charge in [-0.15, -0.1) is 0 Å².